The van der Waals surface area contributed by atoms with Crippen molar-refractivity contribution >= 4 is 40.4 Å². The van der Waals surface area contributed by atoms with Gasteiger partial charge in [-0.1, -0.05) is 72.3 Å². The first-order valence-electron chi connectivity index (χ1n) is 14.6. The molecule has 2 aliphatic rings. The van der Waals surface area contributed by atoms with Crippen molar-refractivity contribution in [2.75, 3.05) is 20.1 Å². The monoisotopic (exact) mass is 608 g/mol. The highest BCUT2D eigenvalue weighted by Gasteiger charge is 2.50. The Balaban J connectivity index is 1.34. The minimum Gasteiger partial charge on any atom is -0.356 e. The molecule has 9 nitrogen and oxygen atoms in total. The summed E-state index contributed by atoms with van der Waals surface area (Å²) < 4.78 is 0. The number of carbonyl (C=O) groups is 2. The van der Waals surface area contributed by atoms with E-state index in [1.165, 1.54) is 5.01 Å². The quantitative estimate of drug-likeness (QED) is 0.309. The highest BCUT2D eigenvalue weighted by molar-refractivity contribution is 6.35. The molecule has 2 atom stereocenters. The number of rotatable bonds is 7. The fraction of sp³-hybridized carbons (Fsp3) is 0.265. The topological polar surface area (TPSA) is 89.1 Å². The number of piperazine rings is 1. The van der Waals surface area contributed by atoms with Crippen LogP contribution in [0.15, 0.2) is 90.8 Å². The third-order valence-electron chi connectivity index (χ3n) is 8.49. The lowest BCUT2D eigenvalue weighted by atomic mass is 9.96. The first-order chi connectivity index (χ1) is 21.4. The number of aromatic nitrogens is 1. The van der Waals surface area contributed by atoms with Crippen LogP contribution in [0.4, 0.5) is 4.79 Å². The molecule has 44 heavy (non-hydrogen) atoms. The number of hydrogen-bond donors (Lipinski definition) is 1. The molecule has 10 heteroatoms. The SMILES string of the molecule is Cc1cc(Cl)c2cccnc2c1CN1C[C@H]2N(C(=O)CN2N(C)C(=O)NCc2ccccc2)[C@@H](Cc2ccccc2)C1=C=O. The predicted octanol–water partition coefficient (Wildman–Crippen LogP) is 4.57. The largest absolute Gasteiger partial charge is 0.356 e. The van der Waals surface area contributed by atoms with E-state index in [1.54, 1.807) is 23.2 Å². The Morgan fingerprint density at radius 2 is 1.77 bits per heavy atom. The maximum atomic E-state index is 13.7. The molecule has 6 rings (SSSR count). The van der Waals surface area contributed by atoms with Gasteiger partial charge in [-0.05, 0) is 48.2 Å². The number of pyridine rings is 1. The van der Waals surface area contributed by atoms with E-state index in [0.717, 1.165) is 33.2 Å². The lowest BCUT2D eigenvalue weighted by Gasteiger charge is -2.47. The maximum absolute atomic E-state index is 13.7. The van der Waals surface area contributed by atoms with Gasteiger partial charge in [0.15, 0.2) is 0 Å². The Hall–Kier alpha value is -4.69. The van der Waals surface area contributed by atoms with Gasteiger partial charge >= 0.3 is 6.03 Å². The normalized spacial score (nSPS) is 18.3. The van der Waals surface area contributed by atoms with Crippen LogP contribution in [0.3, 0.4) is 0 Å². The summed E-state index contributed by atoms with van der Waals surface area (Å²) in [6, 6.07) is 24.2. The van der Waals surface area contributed by atoms with Gasteiger partial charge < -0.3 is 15.1 Å². The van der Waals surface area contributed by atoms with E-state index in [-0.39, 0.29) is 18.5 Å². The predicted molar refractivity (Wildman–Crippen MR) is 169 cm³/mol. The van der Waals surface area contributed by atoms with Crippen molar-refractivity contribution in [3.8, 4) is 0 Å². The summed E-state index contributed by atoms with van der Waals surface area (Å²) in [6.45, 7) is 3.01. The summed E-state index contributed by atoms with van der Waals surface area (Å²) in [5, 5.41) is 7.65. The van der Waals surface area contributed by atoms with Gasteiger partial charge in [-0.15, -0.1) is 0 Å². The van der Waals surface area contributed by atoms with Crippen LogP contribution in [-0.2, 0) is 29.1 Å². The van der Waals surface area contributed by atoms with Crippen molar-refractivity contribution in [3.63, 3.8) is 0 Å². The molecule has 0 saturated carbocycles. The van der Waals surface area contributed by atoms with E-state index >= 15 is 0 Å². The summed E-state index contributed by atoms with van der Waals surface area (Å²) >= 11 is 6.57. The van der Waals surface area contributed by atoms with Crippen molar-refractivity contribution in [2.45, 2.75) is 38.6 Å². The zero-order valence-electron chi connectivity index (χ0n) is 24.6. The standard InChI is InChI=1S/C34H33ClN6O3/c1-23-16-28(35)26-14-9-15-36-33(26)27(23)19-39-20-31-40(38(2)34(44)37-18-25-12-7-4-8-13-25)21-32(43)41(31)29(30(39)22-42)17-24-10-5-3-6-11-24/h3-16,29,31H,17-21H2,1-2H3,(H,37,44)/t29-,31+/m0/s1. The number of benzene rings is 3. The Morgan fingerprint density at radius 3 is 2.48 bits per heavy atom. The summed E-state index contributed by atoms with van der Waals surface area (Å²) in [6.07, 6.45) is 1.67. The summed E-state index contributed by atoms with van der Waals surface area (Å²) in [7, 11) is 1.67. The van der Waals surface area contributed by atoms with Crippen LogP contribution in [-0.4, -0.2) is 75.0 Å². The minimum absolute atomic E-state index is 0.00957. The molecule has 224 valence electrons. The Kier molecular flexibility index (Phi) is 8.35. The molecule has 0 radical (unpaired) electrons. The smallest absolute Gasteiger partial charge is 0.332 e. The van der Waals surface area contributed by atoms with Crippen molar-refractivity contribution in [2.24, 2.45) is 0 Å². The van der Waals surface area contributed by atoms with Gasteiger partial charge in [0, 0.05) is 37.3 Å². The fourth-order valence-corrected chi connectivity index (χ4v) is 6.55. The van der Waals surface area contributed by atoms with Gasteiger partial charge in [-0.25, -0.2) is 9.59 Å². The maximum Gasteiger partial charge on any atom is 0.332 e. The third kappa shape index (κ3) is 5.65. The number of aryl methyl sites for hydroxylation is 1. The number of nitrogens with zero attached hydrogens (tertiary/aromatic N) is 5. The number of halogens is 1. The second-order valence-electron chi connectivity index (χ2n) is 11.2. The Morgan fingerprint density at radius 1 is 1.07 bits per heavy atom. The zero-order valence-corrected chi connectivity index (χ0v) is 25.4. The van der Waals surface area contributed by atoms with Crippen LogP contribution in [0.2, 0.25) is 5.02 Å². The molecule has 0 bridgehead atoms. The average Bonchev–Trinajstić information content (AvgIpc) is 3.38. The molecule has 3 aromatic carbocycles. The number of hydrazine groups is 1. The first kappa shape index (κ1) is 29.4. The molecular weight excluding hydrogens is 576 g/mol. The van der Waals surface area contributed by atoms with Crippen molar-refractivity contribution in [3.05, 3.63) is 118 Å². The second kappa shape index (κ2) is 12.5. The van der Waals surface area contributed by atoms with Gasteiger partial charge in [-0.2, -0.15) is 5.01 Å². The van der Waals surface area contributed by atoms with Gasteiger partial charge in [0.25, 0.3) is 0 Å². The van der Waals surface area contributed by atoms with Crippen LogP contribution < -0.4 is 5.32 Å². The molecule has 2 saturated heterocycles. The molecule has 3 heterocycles. The van der Waals surface area contributed by atoms with Gasteiger partial charge in [0.2, 0.25) is 5.91 Å². The van der Waals surface area contributed by atoms with E-state index in [4.69, 9.17) is 11.6 Å². The van der Waals surface area contributed by atoms with Gasteiger partial charge in [0.05, 0.1) is 29.7 Å². The van der Waals surface area contributed by atoms with E-state index in [2.05, 4.69) is 16.2 Å². The van der Waals surface area contributed by atoms with Crippen LogP contribution >= 0.6 is 11.6 Å². The summed E-state index contributed by atoms with van der Waals surface area (Å²) in [5.41, 5.74) is 5.01. The highest BCUT2D eigenvalue weighted by Crippen LogP contribution is 2.35. The van der Waals surface area contributed by atoms with Gasteiger partial charge in [0.1, 0.15) is 17.8 Å². The Bertz CT molecular complexity index is 1740. The number of carbonyl (C=O) groups excluding carboxylic acids is 3. The van der Waals surface area contributed by atoms with Crippen molar-refractivity contribution in [1.82, 2.24) is 30.1 Å². The van der Waals surface area contributed by atoms with Crippen LogP contribution in [0.1, 0.15) is 22.3 Å². The molecule has 0 spiro atoms. The number of fused-ring (bicyclic) bond motifs is 2. The molecule has 4 aromatic rings. The van der Waals surface area contributed by atoms with Crippen LogP contribution in [0.25, 0.3) is 10.9 Å². The molecule has 2 aliphatic heterocycles. The molecule has 0 aliphatic carbocycles. The second-order valence-corrected chi connectivity index (χ2v) is 11.6. The van der Waals surface area contributed by atoms with Crippen LogP contribution in [0, 0.1) is 6.92 Å². The third-order valence-corrected chi connectivity index (χ3v) is 8.80. The lowest BCUT2D eigenvalue weighted by molar-refractivity contribution is -0.132. The first-order valence-corrected chi connectivity index (χ1v) is 14.9. The summed E-state index contributed by atoms with van der Waals surface area (Å²) in [5.74, 6) is 2.05. The molecule has 3 amide bonds. The van der Waals surface area contributed by atoms with E-state index in [9.17, 15) is 14.4 Å². The molecule has 0 unspecified atom stereocenters. The highest BCUT2D eigenvalue weighted by atomic mass is 35.5. The molecule has 2 fully saturated rings. The van der Waals surface area contributed by atoms with E-state index in [1.807, 2.05) is 90.7 Å². The lowest BCUT2D eigenvalue weighted by Crippen LogP contribution is -2.62. The molecule has 1 N–H and O–H groups in total. The molecule has 1 aromatic heterocycles. The number of amides is 3. The van der Waals surface area contributed by atoms with E-state index in [0.29, 0.717) is 36.8 Å². The molecular formula is C34H33ClN6O3. The number of hydrogen-bond acceptors (Lipinski definition) is 6. The number of urea groups is 1. The summed E-state index contributed by atoms with van der Waals surface area (Å²) in [4.78, 5) is 48.1. The fourth-order valence-electron chi connectivity index (χ4n) is 6.23. The van der Waals surface area contributed by atoms with Crippen molar-refractivity contribution < 1.29 is 14.4 Å². The van der Waals surface area contributed by atoms with Crippen molar-refractivity contribution in [1.29, 1.82) is 0 Å². The van der Waals surface area contributed by atoms with E-state index < -0.39 is 12.2 Å². The minimum atomic E-state index is -0.571. The Labute approximate surface area is 261 Å². The van der Waals surface area contributed by atoms with Gasteiger partial charge in [-0.3, -0.25) is 14.8 Å². The zero-order chi connectivity index (χ0) is 30.8. The van der Waals surface area contributed by atoms with Crippen LogP contribution in [0.5, 0.6) is 0 Å². The number of nitrogens with one attached hydrogen (secondary N) is 1. The average molecular weight is 609 g/mol.